The summed E-state index contributed by atoms with van der Waals surface area (Å²) in [6.07, 6.45) is 7.44. The third-order valence-corrected chi connectivity index (χ3v) is 6.58. The standard InChI is InChI=1S/C27H40N6O2.C2H6/c1-8-10-21-19(2)11-9-12-24(21)31(7)18-23-22(17-28)25(30-20(3)29-23)32-13-15-33(16-14-32)26(34)35-27(4,5)6;1-2/h8,10,24H,9,11-16,18H2,1-7H3;1-2H3/b10-8-;. The van der Waals surface area contributed by atoms with Gasteiger partial charge in [0.25, 0.3) is 0 Å². The van der Waals surface area contributed by atoms with E-state index in [2.05, 4.69) is 58.9 Å². The zero-order chi connectivity index (χ0) is 27.8. The number of allylic oxidation sites excluding steroid dienone is 2. The summed E-state index contributed by atoms with van der Waals surface area (Å²) in [5.74, 6) is 1.32. The van der Waals surface area contributed by atoms with Gasteiger partial charge in [-0.05, 0) is 73.4 Å². The molecule has 1 aliphatic heterocycles. The van der Waals surface area contributed by atoms with Gasteiger partial charge in [-0.1, -0.05) is 31.6 Å². The number of rotatable bonds is 5. The summed E-state index contributed by atoms with van der Waals surface area (Å²) in [7, 11) is 2.12. The molecule has 0 N–H and O–H groups in total. The largest absolute Gasteiger partial charge is 0.444 e. The number of hydrogen-bond donors (Lipinski definition) is 0. The fourth-order valence-corrected chi connectivity index (χ4v) is 4.88. The SMILES string of the molecule is C/C=C\C1=C(C)CCCC1N(C)Cc1nc(C)nc(N2CCN(C(=O)OC(C)(C)C)CC2)c1C#N.CC. The highest BCUT2D eigenvalue weighted by molar-refractivity contribution is 5.69. The van der Waals surface area contributed by atoms with E-state index in [1.807, 2.05) is 41.5 Å². The van der Waals surface area contributed by atoms with Gasteiger partial charge >= 0.3 is 6.09 Å². The van der Waals surface area contributed by atoms with Gasteiger partial charge in [-0.3, -0.25) is 4.90 Å². The number of hydrogen-bond acceptors (Lipinski definition) is 7. The Morgan fingerprint density at radius 1 is 1.19 bits per heavy atom. The third kappa shape index (κ3) is 8.03. The summed E-state index contributed by atoms with van der Waals surface area (Å²) in [4.78, 5) is 27.9. The Balaban J connectivity index is 0.00000235. The van der Waals surface area contributed by atoms with E-state index in [1.165, 1.54) is 17.6 Å². The molecule has 0 aromatic carbocycles. The second-order valence-electron chi connectivity index (χ2n) is 10.5. The maximum Gasteiger partial charge on any atom is 0.410 e. The number of aryl methyl sites for hydroxylation is 1. The number of likely N-dealkylation sites (N-methyl/N-ethyl adjacent to an activating group) is 1. The molecule has 1 fully saturated rings. The minimum atomic E-state index is -0.522. The highest BCUT2D eigenvalue weighted by Gasteiger charge is 2.29. The van der Waals surface area contributed by atoms with Gasteiger partial charge in [0.05, 0.1) is 5.69 Å². The van der Waals surface area contributed by atoms with Crippen LogP contribution >= 0.6 is 0 Å². The van der Waals surface area contributed by atoms with Crippen molar-refractivity contribution >= 4 is 11.9 Å². The molecular formula is C29H46N6O2. The lowest BCUT2D eigenvalue weighted by molar-refractivity contribution is 0.0240. The minimum Gasteiger partial charge on any atom is -0.444 e. The topological polar surface area (TPSA) is 85.6 Å². The lowest BCUT2D eigenvalue weighted by Gasteiger charge is -2.37. The van der Waals surface area contributed by atoms with E-state index >= 15 is 0 Å². The lowest BCUT2D eigenvalue weighted by atomic mass is 9.87. The molecule has 0 radical (unpaired) electrons. The van der Waals surface area contributed by atoms with Crippen molar-refractivity contribution in [3.05, 3.63) is 40.4 Å². The summed E-state index contributed by atoms with van der Waals surface area (Å²) in [6.45, 7) is 18.6. The predicted molar refractivity (Wildman–Crippen MR) is 149 cm³/mol. The molecule has 1 aliphatic carbocycles. The molecule has 3 rings (SSSR count). The summed E-state index contributed by atoms with van der Waals surface area (Å²) < 4.78 is 5.51. The lowest BCUT2D eigenvalue weighted by Crippen LogP contribution is -2.50. The second kappa shape index (κ2) is 13.6. The zero-order valence-electron chi connectivity index (χ0n) is 24.4. The van der Waals surface area contributed by atoms with Crippen LogP contribution in [0, 0.1) is 18.3 Å². The molecule has 1 atom stereocenters. The maximum atomic E-state index is 12.4. The van der Waals surface area contributed by atoms with E-state index < -0.39 is 5.60 Å². The van der Waals surface area contributed by atoms with Crippen LogP contribution in [0.25, 0.3) is 0 Å². The number of amides is 1. The van der Waals surface area contributed by atoms with Crippen LogP contribution in [0.3, 0.4) is 0 Å². The van der Waals surface area contributed by atoms with Crippen LogP contribution in [0.4, 0.5) is 10.6 Å². The third-order valence-electron chi connectivity index (χ3n) is 6.58. The first-order chi connectivity index (χ1) is 17.5. The van der Waals surface area contributed by atoms with Gasteiger partial charge in [-0.15, -0.1) is 0 Å². The summed E-state index contributed by atoms with van der Waals surface area (Å²) in [5, 5.41) is 10.1. The smallest absolute Gasteiger partial charge is 0.410 e. The molecule has 2 aliphatic rings. The van der Waals surface area contributed by atoms with Gasteiger partial charge in [0.15, 0.2) is 5.82 Å². The summed E-state index contributed by atoms with van der Waals surface area (Å²) in [5.41, 5.74) is 3.58. The Bertz CT molecular complexity index is 1030. The molecule has 1 amide bonds. The van der Waals surface area contributed by atoms with Crippen LogP contribution in [0.15, 0.2) is 23.3 Å². The van der Waals surface area contributed by atoms with Crippen LogP contribution < -0.4 is 4.90 Å². The first kappa shape index (κ1) is 30.3. The molecule has 1 aromatic heterocycles. The Kier molecular flexibility index (Phi) is 11.1. The first-order valence-electron chi connectivity index (χ1n) is 13.6. The number of carbonyl (C=O) groups is 1. The van der Waals surface area contributed by atoms with E-state index in [9.17, 15) is 10.1 Å². The fourth-order valence-electron chi connectivity index (χ4n) is 4.88. The van der Waals surface area contributed by atoms with Crippen molar-refractivity contribution in [3.8, 4) is 6.07 Å². The fraction of sp³-hybridized carbons (Fsp3) is 0.655. The van der Waals surface area contributed by atoms with E-state index in [0.29, 0.717) is 56.0 Å². The molecule has 37 heavy (non-hydrogen) atoms. The number of aromatic nitrogens is 2. The van der Waals surface area contributed by atoms with Crippen LogP contribution in [0.1, 0.15) is 84.8 Å². The number of carbonyl (C=O) groups excluding carboxylic acids is 1. The molecule has 1 aromatic rings. The number of nitrogens with zero attached hydrogens (tertiary/aromatic N) is 6. The molecule has 1 saturated heterocycles. The molecule has 0 saturated carbocycles. The number of anilines is 1. The van der Waals surface area contributed by atoms with E-state index in [1.54, 1.807) is 4.90 Å². The Morgan fingerprint density at radius 2 is 1.84 bits per heavy atom. The van der Waals surface area contributed by atoms with Crippen molar-refractivity contribution in [2.45, 2.75) is 92.8 Å². The van der Waals surface area contributed by atoms with Gasteiger partial charge in [-0.25, -0.2) is 14.8 Å². The Labute approximate surface area is 224 Å². The number of ether oxygens (including phenoxy) is 1. The molecule has 1 unspecified atom stereocenters. The van der Waals surface area contributed by atoms with Crippen molar-refractivity contribution in [2.24, 2.45) is 0 Å². The van der Waals surface area contributed by atoms with Crippen molar-refractivity contribution in [1.29, 1.82) is 5.26 Å². The minimum absolute atomic E-state index is 0.299. The van der Waals surface area contributed by atoms with E-state index in [0.717, 1.165) is 18.5 Å². The van der Waals surface area contributed by atoms with Crippen LogP contribution in [-0.2, 0) is 11.3 Å². The number of piperazine rings is 1. The predicted octanol–water partition coefficient (Wildman–Crippen LogP) is 5.62. The van der Waals surface area contributed by atoms with E-state index in [-0.39, 0.29) is 6.09 Å². The molecule has 0 spiro atoms. The average Bonchev–Trinajstić information content (AvgIpc) is 2.85. The summed E-state index contributed by atoms with van der Waals surface area (Å²) >= 11 is 0. The highest BCUT2D eigenvalue weighted by atomic mass is 16.6. The second-order valence-corrected chi connectivity index (χ2v) is 10.5. The normalized spacial score (nSPS) is 18.6. The number of nitriles is 1. The van der Waals surface area contributed by atoms with Gasteiger partial charge < -0.3 is 14.5 Å². The monoisotopic (exact) mass is 510 g/mol. The van der Waals surface area contributed by atoms with Gasteiger partial charge in [0.2, 0.25) is 0 Å². The van der Waals surface area contributed by atoms with Crippen LogP contribution in [-0.4, -0.2) is 70.7 Å². The van der Waals surface area contributed by atoms with Crippen molar-refractivity contribution in [2.75, 3.05) is 38.1 Å². The van der Waals surface area contributed by atoms with Crippen molar-refractivity contribution in [3.63, 3.8) is 0 Å². The van der Waals surface area contributed by atoms with Gasteiger partial charge in [0.1, 0.15) is 23.1 Å². The van der Waals surface area contributed by atoms with Gasteiger partial charge in [-0.2, -0.15) is 5.26 Å². The van der Waals surface area contributed by atoms with E-state index in [4.69, 9.17) is 4.74 Å². The first-order valence-corrected chi connectivity index (χ1v) is 13.6. The highest BCUT2D eigenvalue weighted by Crippen LogP contribution is 2.31. The van der Waals surface area contributed by atoms with Crippen LogP contribution in [0.2, 0.25) is 0 Å². The van der Waals surface area contributed by atoms with Gasteiger partial charge in [0, 0.05) is 38.8 Å². The van der Waals surface area contributed by atoms with Crippen molar-refractivity contribution < 1.29 is 9.53 Å². The Hall–Kier alpha value is -2.92. The van der Waals surface area contributed by atoms with Crippen LogP contribution in [0.5, 0.6) is 0 Å². The molecule has 204 valence electrons. The Morgan fingerprint density at radius 3 is 2.41 bits per heavy atom. The maximum absolute atomic E-state index is 12.4. The average molecular weight is 511 g/mol. The molecule has 2 heterocycles. The molecule has 8 heteroatoms. The van der Waals surface area contributed by atoms with Crippen molar-refractivity contribution in [1.82, 2.24) is 19.8 Å². The quantitative estimate of drug-likeness (QED) is 0.508. The molecule has 8 nitrogen and oxygen atoms in total. The molecular weight excluding hydrogens is 464 g/mol. The summed E-state index contributed by atoms with van der Waals surface area (Å²) in [6, 6.07) is 2.69. The zero-order valence-corrected chi connectivity index (χ0v) is 24.4. The molecule has 0 bridgehead atoms.